The van der Waals surface area contributed by atoms with Crippen LogP contribution < -0.4 is 15.6 Å². The van der Waals surface area contributed by atoms with E-state index < -0.39 is 41.5 Å². The Morgan fingerprint density at radius 3 is 2.55 bits per heavy atom. The normalized spacial score (nSPS) is 13.6. The van der Waals surface area contributed by atoms with E-state index in [1.54, 1.807) is 6.07 Å². The first-order chi connectivity index (χ1) is 14.7. The molecule has 1 aliphatic rings. The van der Waals surface area contributed by atoms with E-state index in [4.69, 9.17) is 0 Å². The maximum Gasteiger partial charge on any atom is 0.267 e. The number of aryl methyl sites for hydroxylation is 2. The molecule has 0 fully saturated rings. The molecule has 0 aliphatic carbocycles. The number of nitrogens with zero attached hydrogens (tertiary/aromatic N) is 2. The highest BCUT2D eigenvalue weighted by Gasteiger charge is 2.27. The van der Waals surface area contributed by atoms with Crippen molar-refractivity contribution < 1.29 is 27.6 Å². The smallest absolute Gasteiger partial charge is 0.267 e. The molecule has 31 heavy (non-hydrogen) atoms. The quantitative estimate of drug-likeness (QED) is 0.712. The van der Waals surface area contributed by atoms with Crippen LogP contribution in [0.25, 0.3) is 0 Å². The van der Waals surface area contributed by atoms with Crippen molar-refractivity contribution in [3.05, 3.63) is 58.9 Å². The van der Waals surface area contributed by atoms with Crippen molar-refractivity contribution in [2.45, 2.75) is 26.7 Å². The topological polar surface area (TPSA) is 90.9 Å². The van der Waals surface area contributed by atoms with Gasteiger partial charge in [0.1, 0.15) is 5.71 Å². The van der Waals surface area contributed by atoms with Crippen LogP contribution in [0.3, 0.4) is 0 Å². The molecule has 2 aromatic carbocycles. The Labute approximate surface area is 175 Å². The second-order valence-electron chi connectivity index (χ2n) is 7.00. The van der Waals surface area contributed by atoms with Gasteiger partial charge in [-0.25, -0.2) is 18.2 Å². The molecule has 3 amide bonds. The lowest BCUT2D eigenvalue weighted by Crippen LogP contribution is -2.41. The highest BCUT2D eigenvalue weighted by atomic mass is 19.2. The molecule has 0 spiro atoms. The van der Waals surface area contributed by atoms with Crippen LogP contribution in [0.5, 0.6) is 0 Å². The Morgan fingerprint density at radius 2 is 1.81 bits per heavy atom. The zero-order valence-electron chi connectivity index (χ0n) is 16.8. The number of anilines is 2. The van der Waals surface area contributed by atoms with E-state index in [1.165, 1.54) is 0 Å². The molecule has 0 unspecified atom stereocenters. The van der Waals surface area contributed by atoms with Gasteiger partial charge in [-0.1, -0.05) is 12.1 Å². The van der Waals surface area contributed by atoms with Crippen molar-refractivity contribution in [2.24, 2.45) is 5.10 Å². The first kappa shape index (κ1) is 22.0. The highest BCUT2D eigenvalue weighted by molar-refractivity contribution is 6.40. The average molecular weight is 432 g/mol. The van der Waals surface area contributed by atoms with Crippen LogP contribution in [-0.2, 0) is 14.4 Å². The molecule has 0 saturated heterocycles. The predicted molar refractivity (Wildman–Crippen MR) is 108 cm³/mol. The molecule has 0 saturated carbocycles. The maximum absolute atomic E-state index is 13.6. The minimum absolute atomic E-state index is 0.0484. The lowest BCUT2D eigenvalue weighted by molar-refractivity contribution is -0.120. The molecule has 7 nitrogen and oxygen atoms in total. The standard InChI is InChI=1S/C21H19F3N4O3/c1-11-3-4-12(2)16(9-11)28-18(30)8-7-15(27-28)21(31)25-10-17(29)26-14-6-5-13(22)19(23)20(14)24/h3-6,9H,7-8,10H2,1-2H3,(H,25,31)(H,26,29). The van der Waals surface area contributed by atoms with Crippen LogP contribution in [0.4, 0.5) is 24.5 Å². The third-order valence-electron chi connectivity index (χ3n) is 4.61. The molecule has 0 aromatic heterocycles. The molecule has 1 aliphatic heterocycles. The first-order valence-electron chi connectivity index (χ1n) is 9.36. The van der Waals surface area contributed by atoms with Gasteiger partial charge in [-0.3, -0.25) is 14.4 Å². The Hall–Kier alpha value is -3.69. The molecular formula is C21H19F3N4O3. The number of carbonyl (C=O) groups is 3. The monoisotopic (exact) mass is 432 g/mol. The van der Waals surface area contributed by atoms with Crippen LogP contribution >= 0.6 is 0 Å². The van der Waals surface area contributed by atoms with Gasteiger partial charge in [-0.2, -0.15) is 5.10 Å². The zero-order valence-corrected chi connectivity index (χ0v) is 16.8. The van der Waals surface area contributed by atoms with Crippen molar-refractivity contribution in [1.29, 1.82) is 0 Å². The van der Waals surface area contributed by atoms with Gasteiger partial charge in [0.15, 0.2) is 17.5 Å². The van der Waals surface area contributed by atoms with Crippen molar-refractivity contribution in [2.75, 3.05) is 16.9 Å². The van der Waals surface area contributed by atoms with Gasteiger partial charge in [0.05, 0.1) is 17.9 Å². The van der Waals surface area contributed by atoms with Crippen LogP contribution in [0.15, 0.2) is 35.4 Å². The predicted octanol–water partition coefficient (Wildman–Crippen LogP) is 2.96. The summed E-state index contributed by atoms with van der Waals surface area (Å²) < 4.78 is 39.8. The van der Waals surface area contributed by atoms with E-state index in [2.05, 4.69) is 15.7 Å². The van der Waals surface area contributed by atoms with E-state index in [0.717, 1.165) is 22.2 Å². The largest absolute Gasteiger partial charge is 0.342 e. The minimum Gasteiger partial charge on any atom is -0.342 e. The Balaban J connectivity index is 1.67. The molecule has 162 valence electrons. The number of benzene rings is 2. The van der Waals surface area contributed by atoms with E-state index in [-0.39, 0.29) is 24.5 Å². The van der Waals surface area contributed by atoms with Gasteiger partial charge in [-0.05, 0) is 43.2 Å². The third-order valence-corrected chi connectivity index (χ3v) is 4.61. The van der Waals surface area contributed by atoms with Crippen LogP contribution in [-0.4, -0.2) is 30.0 Å². The number of hydrazone groups is 1. The summed E-state index contributed by atoms with van der Waals surface area (Å²) in [7, 11) is 0. The van der Waals surface area contributed by atoms with E-state index in [9.17, 15) is 27.6 Å². The van der Waals surface area contributed by atoms with Gasteiger partial charge in [0.2, 0.25) is 11.8 Å². The van der Waals surface area contributed by atoms with Gasteiger partial charge in [0.25, 0.3) is 5.91 Å². The lowest BCUT2D eigenvalue weighted by Gasteiger charge is -2.24. The van der Waals surface area contributed by atoms with Crippen molar-refractivity contribution in [3.8, 4) is 0 Å². The van der Waals surface area contributed by atoms with E-state index in [0.29, 0.717) is 11.8 Å². The fourth-order valence-corrected chi connectivity index (χ4v) is 2.93. The fourth-order valence-electron chi connectivity index (χ4n) is 2.93. The second-order valence-corrected chi connectivity index (χ2v) is 7.00. The molecular weight excluding hydrogens is 413 g/mol. The van der Waals surface area contributed by atoms with Crippen LogP contribution in [0.2, 0.25) is 0 Å². The van der Waals surface area contributed by atoms with E-state index >= 15 is 0 Å². The summed E-state index contributed by atoms with van der Waals surface area (Å²) in [4.78, 5) is 36.7. The summed E-state index contributed by atoms with van der Waals surface area (Å²) in [6.45, 7) is 3.12. The molecule has 3 rings (SSSR count). The third kappa shape index (κ3) is 4.90. The number of carbonyl (C=O) groups excluding carboxylic acids is 3. The maximum atomic E-state index is 13.6. The molecule has 2 N–H and O–H groups in total. The SMILES string of the molecule is Cc1ccc(C)c(N2N=C(C(=O)NCC(=O)Nc3ccc(F)c(F)c3F)CCC2=O)c1. The summed E-state index contributed by atoms with van der Waals surface area (Å²) in [5, 5.41) is 9.67. The molecule has 0 bridgehead atoms. The second kappa shape index (κ2) is 8.99. The minimum atomic E-state index is -1.71. The molecule has 1 heterocycles. The number of halogens is 3. The van der Waals surface area contributed by atoms with Crippen LogP contribution in [0.1, 0.15) is 24.0 Å². The Kier molecular flexibility index (Phi) is 6.38. The van der Waals surface area contributed by atoms with Gasteiger partial charge >= 0.3 is 0 Å². The molecule has 0 radical (unpaired) electrons. The molecule has 2 aromatic rings. The summed E-state index contributed by atoms with van der Waals surface area (Å²) in [6.07, 6.45) is 0.150. The molecule has 0 atom stereocenters. The number of amides is 3. The van der Waals surface area contributed by atoms with E-state index in [1.807, 2.05) is 26.0 Å². The van der Waals surface area contributed by atoms with Crippen molar-refractivity contribution >= 4 is 34.8 Å². The van der Waals surface area contributed by atoms with Crippen molar-refractivity contribution in [3.63, 3.8) is 0 Å². The number of nitrogens with one attached hydrogen (secondary N) is 2. The summed E-state index contributed by atoms with van der Waals surface area (Å²) in [5.74, 6) is -6.44. The highest BCUT2D eigenvalue weighted by Crippen LogP contribution is 2.25. The summed E-state index contributed by atoms with van der Waals surface area (Å²) >= 11 is 0. The number of hydrogen-bond acceptors (Lipinski definition) is 4. The first-order valence-corrected chi connectivity index (χ1v) is 9.36. The average Bonchev–Trinajstić information content (AvgIpc) is 2.74. The van der Waals surface area contributed by atoms with Gasteiger partial charge < -0.3 is 10.6 Å². The van der Waals surface area contributed by atoms with Crippen molar-refractivity contribution in [1.82, 2.24) is 5.32 Å². The number of hydrogen-bond donors (Lipinski definition) is 2. The van der Waals surface area contributed by atoms with Gasteiger partial charge in [0, 0.05) is 12.8 Å². The number of rotatable bonds is 5. The molecule has 10 heteroatoms. The van der Waals surface area contributed by atoms with Gasteiger partial charge in [-0.15, -0.1) is 0 Å². The Morgan fingerprint density at radius 1 is 1.06 bits per heavy atom. The Bertz CT molecular complexity index is 1100. The zero-order chi connectivity index (χ0) is 22.7. The lowest BCUT2D eigenvalue weighted by atomic mass is 10.1. The fraction of sp³-hybridized carbons (Fsp3) is 0.238. The van der Waals surface area contributed by atoms with Crippen LogP contribution in [0, 0.1) is 31.3 Å². The summed E-state index contributed by atoms with van der Waals surface area (Å²) in [6, 6.07) is 7.04. The summed E-state index contributed by atoms with van der Waals surface area (Å²) in [5.41, 5.74) is 1.77.